The van der Waals surface area contributed by atoms with Crippen LogP contribution in [0.2, 0.25) is 0 Å². The second-order valence-electron chi connectivity index (χ2n) is 7.97. The number of ether oxygens (including phenoxy) is 1. The molecule has 4 heterocycles. The molecule has 0 saturated carbocycles. The molecule has 0 aromatic carbocycles. The van der Waals surface area contributed by atoms with Gasteiger partial charge in [-0.25, -0.2) is 14.6 Å². The molecule has 10 nitrogen and oxygen atoms in total. The Morgan fingerprint density at radius 2 is 1.72 bits per heavy atom. The quantitative estimate of drug-likeness (QED) is 0.580. The first-order valence-corrected chi connectivity index (χ1v) is 10.6. The van der Waals surface area contributed by atoms with E-state index in [1.54, 1.807) is 0 Å². The second kappa shape index (κ2) is 12.2. The van der Waals surface area contributed by atoms with Crippen molar-refractivity contribution in [3.05, 3.63) is 36.2 Å². The number of alkyl halides is 6. The van der Waals surface area contributed by atoms with Crippen LogP contribution in [0.25, 0.3) is 0 Å². The maximum Gasteiger partial charge on any atom is 0.490 e. The van der Waals surface area contributed by atoms with E-state index in [0.29, 0.717) is 12.0 Å². The van der Waals surface area contributed by atoms with Gasteiger partial charge in [-0.1, -0.05) is 0 Å². The molecular weight excluding hydrogens is 504 g/mol. The van der Waals surface area contributed by atoms with Gasteiger partial charge in [0.25, 0.3) is 0 Å². The van der Waals surface area contributed by atoms with Gasteiger partial charge in [0.1, 0.15) is 5.82 Å². The van der Waals surface area contributed by atoms with Gasteiger partial charge in [0.05, 0.1) is 31.1 Å². The molecule has 2 aliphatic heterocycles. The van der Waals surface area contributed by atoms with Gasteiger partial charge in [-0.2, -0.15) is 31.4 Å². The molecule has 2 unspecified atom stereocenters. The summed E-state index contributed by atoms with van der Waals surface area (Å²) in [5.74, 6) is -3.64. The van der Waals surface area contributed by atoms with Crippen LogP contribution in [-0.4, -0.2) is 85.0 Å². The first kappa shape index (κ1) is 29.1. The minimum Gasteiger partial charge on any atom is -0.475 e. The van der Waals surface area contributed by atoms with Gasteiger partial charge in [0, 0.05) is 38.6 Å². The zero-order chi connectivity index (χ0) is 27.1. The van der Waals surface area contributed by atoms with Gasteiger partial charge in [-0.15, -0.1) is 0 Å². The van der Waals surface area contributed by atoms with Crippen LogP contribution in [0.4, 0.5) is 26.3 Å². The lowest BCUT2D eigenvalue weighted by Gasteiger charge is -2.35. The first-order chi connectivity index (χ1) is 16.7. The van der Waals surface area contributed by atoms with Gasteiger partial charge < -0.3 is 19.5 Å². The SMILES string of the molecule is CC1c2ncc(Cn3cccn3)n2CCN1CC1CCOC1.O=C(O)C(F)(F)F.O=C(O)C(F)(F)F. The van der Waals surface area contributed by atoms with Gasteiger partial charge in [-0.3, -0.25) is 9.58 Å². The van der Waals surface area contributed by atoms with Crippen molar-refractivity contribution in [3.8, 4) is 0 Å². The molecule has 2 N–H and O–H groups in total. The number of hydrogen-bond donors (Lipinski definition) is 2. The minimum atomic E-state index is -5.08. The summed E-state index contributed by atoms with van der Waals surface area (Å²) >= 11 is 0. The predicted molar refractivity (Wildman–Crippen MR) is 110 cm³/mol. The number of nitrogens with zero attached hydrogens (tertiary/aromatic N) is 5. The van der Waals surface area contributed by atoms with Crippen molar-refractivity contribution in [2.75, 3.05) is 26.3 Å². The predicted octanol–water partition coefficient (Wildman–Crippen LogP) is 2.81. The summed E-state index contributed by atoms with van der Waals surface area (Å²) in [6, 6.07) is 2.34. The molecule has 2 aliphatic rings. The topological polar surface area (TPSA) is 123 Å². The van der Waals surface area contributed by atoms with Crippen LogP contribution in [0.1, 0.15) is 30.9 Å². The number of halogens is 6. The fourth-order valence-electron chi connectivity index (χ4n) is 3.60. The molecule has 0 amide bonds. The molecule has 202 valence electrons. The van der Waals surface area contributed by atoms with Crippen LogP contribution >= 0.6 is 0 Å². The maximum atomic E-state index is 10.6. The number of hydrogen-bond acceptors (Lipinski definition) is 6. The van der Waals surface area contributed by atoms with E-state index < -0.39 is 24.3 Å². The standard InChI is InChI=1S/C16H23N5O.2C2HF3O2/c1-13-16-17-9-15(11-20-5-2-4-18-20)21(16)7-6-19(13)10-14-3-8-22-12-14;2*3-2(4,5)1(6)7/h2,4-5,9,13-14H,3,6-8,10-12H2,1H3;2*(H,6,7). The van der Waals surface area contributed by atoms with Crippen molar-refractivity contribution in [2.24, 2.45) is 5.92 Å². The Morgan fingerprint density at radius 1 is 1.11 bits per heavy atom. The molecule has 2 aromatic heterocycles. The monoisotopic (exact) mass is 529 g/mol. The smallest absolute Gasteiger partial charge is 0.475 e. The summed E-state index contributed by atoms with van der Waals surface area (Å²) in [7, 11) is 0. The number of rotatable bonds is 4. The van der Waals surface area contributed by atoms with E-state index in [0.717, 1.165) is 39.4 Å². The van der Waals surface area contributed by atoms with Crippen LogP contribution in [-0.2, 0) is 27.4 Å². The zero-order valence-electron chi connectivity index (χ0n) is 19.0. The van der Waals surface area contributed by atoms with Crippen molar-refractivity contribution in [1.29, 1.82) is 0 Å². The molecule has 36 heavy (non-hydrogen) atoms. The van der Waals surface area contributed by atoms with Gasteiger partial charge in [0.15, 0.2) is 0 Å². The zero-order valence-corrected chi connectivity index (χ0v) is 19.0. The third-order valence-corrected chi connectivity index (χ3v) is 5.39. The molecule has 0 spiro atoms. The van der Waals surface area contributed by atoms with Crippen molar-refractivity contribution in [3.63, 3.8) is 0 Å². The van der Waals surface area contributed by atoms with Crippen LogP contribution in [0.15, 0.2) is 24.7 Å². The van der Waals surface area contributed by atoms with Crippen molar-refractivity contribution in [2.45, 2.75) is 44.8 Å². The minimum absolute atomic E-state index is 0.376. The lowest BCUT2D eigenvalue weighted by Crippen LogP contribution is -2.40. The molecule has 0 aliphatic carbocycles. The first-order valence-electron chi connectivity index (χ1n) is 10.6. The average molecular weight is 529 g/mol. The molecule has 2 atom stereocenters. The van der Waals surface area contributed by atoms with Crippen molar-refractivity contribution in [1.82, 2.24) is 24.2 Å². The van der Waals surface area contributed by atoms with Gasteiger partial charge in [0.2, 0.25) is 0 Å². The normalized spacial score (nSPS) is 20.0. The Bertz CT molecular complexity index is 962. The highest BCUT2D eigenvalue weighted by Gasteiger charge is 2.39. The number of carboxylic acids is 2. The van der Waals surface area contributed by atoms with Gasteiger partial charge in [-0.05, 0) is 25.3 Å². The van der Waals surface area contributed by atoms with Crippen LogP contribution < -0.4 is 0 Å². The summed E-state index contributed by atoms with van der Waals surface area (Å²) in [6.45, 7) is 8.14. The average Bonchev–Trinajstić information content (AvgIpc) is 3.53. The summed E-state index contributed by atoms with van der Waals surface area (Å²) < 4.78 is 73.3. The highest BCUT2D eigenvalue weighted by atomic mass is 19.4. The summed E-state index contributed by atoms with van der Waals surface area (Å²) in [5, 5.41) is 18.5. The van der Waals surface area contributed by atoms with E-state index in [-0.39, 0.29) is 0 Å². The van der Waals surface area contributed by atoms with E-state index in [1.807, 2.05) is 29.3 Å². The van der Waals surface area contributed by atoms with Crippen molar-refractivity contribution >= 4 is 11.9 Å². The fraction of sp³-hybridized carbons (Fsp3) is 0.600. The number of aromatic nitrogens is 4. The summed E-state index contributed by atoms with van der Waals surface area (Å²) in [4.78, 5) is 25.0. The molecule has 0 radical (unpaired) electrons. The summed E-state index contributed by atoms with van der Waals surface area (Å²) in [6.07, 6.45) is -3.14. The lowest BCUT2D eigenvalue weighted by atomic mass is 10.1. The molecule has 0 bridgehead atoms. The van der Waals surface area contributed by atoms with Gasteiger partial charge >= 0.3 is 24.3 Å². The highest BCUT2D eigenvalue weighted by molar-refractivity contribution is 5.73. The number of carbonyl (C=O) groups is 2. The third-order valence-electron chi connectivity index (χ3n) is 5.39. The molecule has 16 heteroatoms. The summed E-state index contributed by atoms with van der Waals surface area (Å²) in [5.41, 5.74) is 1.24. The largest absolute Gasteiger partial charge is 0.490 e. The Morgan fingerprint density at radius 3 is 2.19 bits per heavy atom. The molecule has 4 rings (SSSR count). The Balaban J connectivity index is 0.000000271. The lowest BCUT2D eigenvalue weighted by molar-refractivity contribution is -0.193. The van der Waals surface area contributed by atoms with Crippen LogP contribution in [0, 0.1) is 5.92 Å². The van der Waals surface area contributed by atoms with Crippen LogP contribution in [0.3, 0.4) is 0 Å². The van der Waals surface area contributed by atoms with E-state index in [4.69, 9.17) is 29.5 Å². The number of fused-ring (bicyclic) bond motifs is 1. The molecule has 2 aromatic rings. The number of aliphatic carboxylic acids is 2. The molecule has 1 fully saturated rings. The Kier molecular flexibility index (Phi) is 9.86. The van der Waals surface area contributed by atoms with Crippen LogP contribution in [0.5, 0.6) is 0 Å². The fourth-order valence-corrected chi connectivity index (χ4v) is 3.60. The number of carboxylic acid groups (broad SMARTS) is 2. The highest BCUT2D eigenvalue weighted by Crippen LogP contribution is 2.27. The second-order valence-corrected chi connectivity index (χ2v) is 7.97. The van der Waals surface area contributed by atoms with E-state index >= 15 is 0 Å². The number of imidazole rings is 1. The molecule has 1 saturated heterocycles. The van der Waals surface area contributed by atoms with Crippen molar-refractivity contribution < 1.29 is 50.9 Å². The maximum absolute atomic E-state index is 10.6. The Labute approximate surface area is 201 Å². The third kappa shape index (κ3) is 8.51. The van der Waals surface area contributed by atoms with E-state index in [1.165, 1.54) is 17.9 Å². The van der Waals surface area contributed by atoms with E-state index in [2.05, 4.69) is 21.5 Å². The van der Waals surface area contributed by atoms with E-state index in [9.17, 15) is 26.3 Å². The Hall–Kier alpha value is -3.14. The molecular formula is C20H25F6N5O5.